The van der Waals surface area contributed by atoms with E-state index in [0.717, 1.165) is 10.2 Å². The van der Waals surface area contributed by atoms with Crippen LogP contribution in [-0.4, -0.2) is 28.1 Å². The van der Waals surface area contributed by atoms with Gasteiger partial charge < -0.3 is 10.5 Å². The zero-order valence-electron chi connectivity index (χ0n) is 17.2. The van der Waals surface area contributed by atoms with Crippen LogP contribution in [0.4, 0.5) is 0 Å². The van der Waals surface area contributed by atoms with Gasteiger partial charge in [-0.1, -0.05) is 41.9 Å². The van der Waals surface area contributed by atoms with Crippen LogP contribution < -0.4 is 16.0 Å². The SMILES string of the molecule is CCOc1nn(C(Cc2ccccc2)C(N)=O)c(=O)cc1-c1cc(Cl)ccc1C(C)=O. The predicted molar refractivity (Wildman–Crippen MR) is 118 cm³/mol. The normalized spacial score (nSPS) is 11.7. The smallest absolute Gasteiger partial charge is 0.268 e. The molecular formula is C23H22ClN3O4. The van der Waals surface area contributed by atoms with Crippen LogP contribution in [0, 0.1) is 0 Å². The first-order chi connectivity index (χ1) is 14.8. The van der Waals surface area contributed by atoms with Crippen LogP contribution in [0.15, 0.2) is 59.4 Å². The second-order valence-corrected chi connectivity index (χ2v) is 7.37. The van der Waals surface area contributed by atoms with Gasteiger partial charge in [0.1, 0.15) is 6.04 Å². The van der Waals surface area contributed by atoms with Crippen molar-refractivity contribution in [3.8, 4) is 17.0 Å². The first kappa shape index (κ1) is 22.2. The van der Waals surface area contributed by atoms with Crippen molar-refractivity contribution in [1.82, 2.24) is 9.78 Å². The Morgan fingerprint density at radius 1 is 1.13 bits per heavy atom. The molecule has 0 fully saturated rings. The fraction of sp³-hybridized carbons (Fsp3) is 0.217. The highest BCUT2D eigenvalue weighted by Gasteiger charge is 2.24. The number of Topliss-reactive ketones (excluding diaryl/α,β-unsaturated/α-hetero) is 1. The van der Waals surface area contributed by atoms with E-state index in [1.54, 1.807) is 25.1 Å². The average Bonchev–Trinajstić information content (AvgIpc) is 2.73. The molecule has 0 bridgehead atoms. The maximum absolute atomic E-state index is 13.0. The van der Waals surface area contributed by atoms with Crippen molar-refractivity contribution in [2.75, 3.05) is 6.61 Å². The van der Waals surface area contributed by atoms with E-state index in [1.165, 1.54) is 13.0 Å². The standard InChI is InChI=1S/C23H22ClN3O4/c1-3-31-23-19(18-12-16(24)9-10-17(18)14(2)28)13-21(29)27(26-23)20(22(25)30)11-15-7-5-4-6-8-15/h4-10,12-13,20H,3,11H2,1-2H3,(H2,25,30). The number of hydrogen-bond donors (Lipinski definition) is 1. The number of ether oxygens (including phenoxy) is 1. The van der Waals surface area contributed by atoms with Gasteiger partial charge in [-0.3, -0.25) is 14.4 Å². The highest BCUT2D eigenvalue weighted by molar-refractivity contribution is 6.31. The van der Waals surface area contributed by atoms with E-state index in [2.05, 4.69) is 5.10 Å². The monoisotopic (exact) mass is 439 g/mol. The summed E-state index contributed by atoms with van der Waals surface area (Å²) in [6, 6.07) is 14.2. The van der Waals surface area contributed by atoms with Gasteiger partial charge in [0.25, 0.3) is 5.56 Å². The summed E-state index contributed by atoms with van der Waals surface area (Å²) in [5.41, 5.74) is 7.00. The molecule has 0 aliphatic heterocycles. The van der Waals surface area contributed by atoms with Crippen LogP contribution in [0.3, 0.4) is 0 Å². The molecule has 1 unspecified atom stereocenters. The van der Waals surface area contributed by atoms with Crippen molar-refractivity contribution in [2.24, 2.45) is 5.73 Å². The lowest BCUT2D eigenvalue weighted by molar-refractivity contribution is -0.121. The molecule has 2 aromatic carbocycles. The van der Waals surface area contributed by atoms with E-state index in [-0.39, 0.29) is 24.7 Å². The molecule has 3 aromatic rings. The van der Waals surface area contributed by atoms with Crippen molar-refractivity contribution in [3.63, 3.8) is 0 Å². The van der Waals surface area contributed by atoms with E-state index in [1.807, 2.05) is 30.3 Å². The summed E-state index contributed by atoms with van der Waals surface area (Å²) >= 11 is 6.14. The molecule has 1 heterocycles. The quantitative estimate of drug-likeness (QED) is 0.541. The molecule has 2 N–H and O–H groups in total. The van der Waals surface area contributed by atoms with E-state index in [9.17, 15) is 14.4 Å². The first-order valence-electron chi connectivity index (χ1n) is 9.72. The van der Waals surface area contributed by atoms with Crippen molar-refractivity contribution in [2.45, 2.75) is 26.3 Å². The van der Waals surface area contributed by atoms with Gasteiger partial charge in [0.05, 0.1) is 12.2 Å². The number of benzene rings is 2. The Morgan fingerprint density at radius 3 is 2.45 bits per heavy atom. The lowest BCUT2D eigenvalue weighted by Crippen LogP contribution is -2.37. The molecule has 0 saturated heterocycles. The maximum atomic E-state index is 13.0. The summed E-state index contributed by atoms with van der Waals surface area (Å²) in [5.74, 6) is -0.788. The number of amides is 1. The molecule has 1 amide bonds. The molecule has 160 valence electrons. The molecule has 31 heavy (non-hydrogen) atoms. The van der Waals surface area contributed by atoms with Crippen molar-refractivity contribution < 1.29 is 14.3 Å². The van der Waals surface area contributed by atoms with Crippen molar-refractivity contribution in [3.05, 3.63) is 81.1 Å². The number of nitrogens with zero attached hydrogens (tertiary/aromatic N) is 2. The summed E-state index contributed by atoms with van der Waals surface area (Å²) in [6.07, 6.45) is 0.198. The van der Waals surface area contributed by atoms with Gasteiger partial charge in [-0.25, -0.2) is 4.68 Å². The number of nitrogens with two attached hydrogens (primary N) is 1. The molecule has 1 atom stereocenters. The Labute approximate surface area is 184 Å². The van der Waals surface area contributed by atoms with E-state index in [0.29, 0.717) is 21.7 Å². The fourth-order valence-electron chi connectivity index (χ4n) is 3.30. The molecule has 1 aromatic heterocycles. The molecule has 0 aliphatic carbocycles. The largest absolute Gasteiger partial charge is 0.477 e. The van der Waals surface area contributed by atoms with Gasteiger partial charge in [0.15, 0.2) is 5.78 Å². The Kier molecular flexibility index (Phi) is 6.87. The van der Waals surface area contributed by atoms with Crippen molar-refractivity contribution in [1.29, 1.82) is 0 Å². The van der Waals surface area contributed by atoms with E-state index >= 15 is 0 Å². The third-order valence-electron chi connectivity index (χ3n) is 4.75. The van der Waals surface area contributed by atoms with Crippen LogP contribution in [0.2, 0.25) is 5.02 Å². The summed E-state index contributed by atoms with van der Waals surface area (Å²) in [4.78, 5) is 37.3. The molecule has 0 radical (unpaired) electrons. The zero-order chi connectivity index (χ0) is 22.5. The molecule has 0 spiro atoms. The van der Waals surface area contributed by atoms with Crippen molar-refractivity contribution >= 4 is 23.3 Å². The average molecular weight is 440 g/mol. The Bertz CT molecular complexity index is 1180. The second-order valence-electron chi connectivity index (χ2n) is 6.93. The number of primary amides is 1. The fourth-order valence-corrected chi connectivity index (χ4v) is 3.48. The number of carbonyl (C=O) groups is 2. The molecule has 7 nitrogen and oxygen atoms in total. The summed E-state index contributed by atoms with van der Waals surface area (Å²) in [7, 11) is 0. The third-order valence-corrected chi connectivity index (χ3v) is 4.99. The molecule has 8 heteroatoms. The minimum absolute atomic E-state index is 0.103. The molecule has 0 aliphatic rings. The Morgan fingerprint density at radius 2 is 1.84 bits per heavy atom. The molecule has 0 saturated carbocycles. The number of rotatable bonds is 8. The van der Waals surface area contributed by atoms with Gasteiger partial charge in [-0.2, -0.15) is 0 Å². The highest BCUT2D eigenvalue weighted by Crippen LogP contribution is 2.32. The minimum atomic E-state index is -1.00. The summed E-state index contributed by atoms with van der Waals surface area (Å²) < 4.78 is 6.69. The first-order valence-corrected chi connectivity index (χ1v) is 10.1. The van der Waals surface area contributed by atoms with Crippen LogP contribution in [0.25, 0.3) is 11.1 Å². The lowest BCUT2D eigenvalue weighted by atomic mass is 9.98. The Balaban J connectivity index is 2.17. The van der Waals surface area contributed by atoms with Gasteiger partial charge in [0.2, 0.25) is 11.8 Å². The second kappa shape index (κ2) is 9.57. The van der Waals surface area contributed by atoms with Crippen LogP contribution in [-0.2, 0) is 11.2 Å². The number of carbonyl (C=O) groups excluding carboxylic acids is 2. The zero-order valence-corrected chi connectivity index (χ0v) is 17.9. The van der Waals surface area contributed by atoms with E-state index < -0.39 is 17.5 Å². The highest BCUT2D eigenvalue weighted by atomic mass is 35.5. The lowest BCUT2D eigenvalue weighted by Gasteiger charge is -2.19. The predicted octanol–water partition coefficient (Wildman–Crippen LogP) is 3.43. The molecule has 3 rings (SSSR count). The minimum Gasteiger partial charge on any atom is -0.477 e. The number of aromatic nitrogens is 2. The van der Waals surface area contributed by atoms with E-state index in [4.69, 9.17) is 22.1 Å². The molecular weight excluding hydrogens is 418 g/mol. The Hall–Kier alpha value is -3.45. The number of halogens is 1. The summed E-state index contributed by atoms with van der Waals surface area (Å²) in [5, 5.41) is 4.71. The number of hydrogen-bond acceptors (Lipinski definition) is 5. The maximum Gasteiger partial charge on any atom is 0.268 e. The topological polar surface area (TPSA) is 104 Å². The van der Waals surface area contributed by atoms with Gasteiger partial charge >= 0.3 is 0 Å². The van der Waals surface area contributed by atoms with Crippen LogP contribution in [0.5, 0.6) is 5.88 Å². The summed E-state index contributed by atoms with van der Waals surface area (Å²) in [6.45, 7) is 3.44. The van der Waals surface area contributed by atoms with Crippen LogP contribution >= 0.6 is 11.6 Å². The van der Waals surface area contributed by atoms with Crippen LogP contribution in [0.1, 0.15) is 35.8 Å². The van der Waals surface area contributed by atoms with Gasteiger partial charge in [0, 0.05) is 23.1 Å². The third kappa shape index (κ3) is 5.00. The van der Waals surface area contributed by atoms with Gasteiger partial charge in [-0.05, 0) is 43.2 Å². The number of ketones is 1. The van der Waals surface area contributed by atoms with Gasteiger partial charge in [-0.15, -0.1) is 5.10 Å².